The number of furan rings is 1. The molecule has 3 heterocycles. The normalized spacial score (nSPS) is 12.3. The van der Waals surface area contributed by atoms with Gasteiger partial charge in [-0.15, -0.1) is 0 Å². The summed E-state index contributed by atoms with van der Waals surface area (Å²) < 4.78 is 11.4. The summed E-state index contributed by atoms with van der Waals surface area (Å²) in [6.45, 7) is 0. The summed E-state index contributed by atoms with van der Waals surface area (Å²) in [6.07, 6.45) is 0. The van der Waals surface area contributed by atoms with Crippen LogP contribution in [0.1, 0.15) is 0 Å². The Morgan fingerprint density at radius 1 is 0.340 bits per heavy atom. The number of rotatable bonds is 2. The lowest BCUT2D eigenvalue weighted by molar-refractivity contribution is 0.672. The van der Waals surface area contributed by atoms with Crippen LogP contribution in [0.25, 0.3) is 98.5 Å². The summed E-state index contributed by atoms with van der Waals surface area (Å²) in [5.74, 6) is 0. The minimum atomic E-state index is 0.897. The molecule has 8 aromatic carbocycles. The van der Waals surface area contributed by atoms with Crippen LogP contribution in [-0.2, 0) is 0 Å². The van der Waals surface area contributed by atoms with Crippen LogP contribution in [-0.4, -0.2) is 9.13 Å². The van der Waals surface area contributed by atoms with Gasteiger partial charge in [0.1, 0.15) is 11.2 Å². The molecule has 0 aliphatic rings. The van der Waals surface area contributed by atoms with E-state index in [2.05, 4.69) is 167 Å². The van der Waals surface area contributed by atoms with Crippen LogP contribution in [0.2, 0.25) is 0 Å². The highest BCUT2D eigenvalue weighted by atomic mass is 16.3. The van der Waals surface area contributed by atoms with Crippen molar-refractivity contribution in [3.05, 3.63) is 158 Å². The molecule has 218 valence electrons. The van der Waals surface area contributed by atoms with Gasteiger partial charge in [-0.25, -0.2) is 0 Å². The van der Waals surface area contributed by atoms with Gasteiger partial charge in [0.25, 0.3) is 0 Å². The molecule has 3 aromatic heterocycles. The van der Waals surface area contributed by atoms with Crippen LogP contribution < -0.4 is 0 Å². The van der Waals surface area contributed by atoms with E-state index in [-0.39, 0.29) is 0 Å². The van der Waals surface area contributed by atoms with Crippen molar-refractivity contribution in [3.8, 4) is 11.4 Å². The number of hydrogen-bond acceptors (Lipinski definition) is 1. The molecule has 0 aliphatic carbocycles. The topological polar surface area (TPSA) is 23.0 Å². The van der Waals surface area contributed by atoms with E-state index in [4.69, 9.17) is 4.42 Å². The van der Waals surface area contributed by atoms with Crippen LogP contribution in [0.3, 0.4) is 0 Å². The maximum Gasteiger partial charge on any atom is 0.143 e. The number of fused-ring (bicyclic) bond motifs is 13. The molecule has 0 aliphatic heterocycles. The Labute approximate surface area is 269 Å². The van der Waals surface area contributed by atoms with E-state index in [0.717, 1.165) is 33.0 Å². The van der Waals surface area contributed by atoms with Crippen molar-refractivity contribution in [2.45, 2.75) is 0 Å². The Hall–Kier alpha value is -6.32. The maximum absolute atomic E-state index is 6.62. The monoisotopic (exact) mass is 598 g/mol. The van der Waals surface area contributed by atoms with Crippen LogP contribution in [0, 0.1) is 0 Å². The van der Waals surface area contributed by atoms with Gasteiger partial charge in [0.15, 0.2) is 0 Å². The lowest BCUT2D eigenvalue weighted by atomic mass is 10.1. The fourth-order valence-corrected chi connectivity index (χ4v) is 8.02. The molecule has 11 rings (SSSR count). The van der Waals surface area contributed by atoms with Gasteiger partial charge in [0.05, 0.1) is 22.1 Å². The minimum absolute atomic E-state index is 0.897. The molecule has 0 fully saturated rings. The van der Waals surface area contributed by atoms with Crippen molar-refractivity contribution in [2.75, 3.05) is 0 Å². The summed E-state index contributed by atoms with van der Waals surface area (Å²) in [5, 5.41) is 12.1. The fraction of sp³-hybridized carbons (Fsp3) is 0. The zero-order valence-corrected chi connectivity index (χ0v) is 25.3. The molecular weight excluding hydrogens is 572 g/mol. The SMILES string of the molecule is c1ccc2cc(-n3c4ccccc4c4c5c6ccccc6n(-c6ccc7c(c6)oc6c8ccccc8ccc76)c5ccc43)ccc2c1. The van der Waals surface area contributed by atoms with Gasteiger partial charge in [-0.3, -0.25) is 0 Å². The molecule has 0 bridgehead atoms. The lowest BCUT2D eigenvalue weighted by Crippen LogP contribution is -1.95. The van der Waals surface area contributed by atoms with Gasteiger partial charge >= 0.3 is 0 Å². The van der Waals surface area contributed by atoms with E-state index in [0.29, 0.717) is 0 Å². The molecule has 11 aromatic rings. The van der Waals surface area contributed by atoms with Crippen LogP contribution in [0.4, 0.5) is 0 Å². The second-order valence-electron chi connectivity index (χ2n) is 12.5. The second-order valence-corrected chi connectivity index (χ2v) is 12.5. The van der Waals surface area contributed by atoms with E-state index in [1.54, 1.807) is 0 Å². The highest BCUT2D eigenvalue weighted by molar-refractivity contribution is 6.29. The largest absolute Gasteiger partial charge is 0.455 e. The van der Waals surface area contributed by atoms with Crippen LogP contribution in [0.15, 0.2) is 162 Å². The highest BCUT2D eigenvalue weighted by Gasteiger charge is 2.21. The van der Waals surface area contributed by atoms with E-state index >= 15 is 0 Å². The summed E-state index contributed by atoms with van der Waals surface area (Å²) in [7, 11) is 0. The van der Waals surface area contributed by atoms with Crippen molar-refractivity contribution in [2.24, 2.45) is 0 Å². The first kappa shape index (κ1) is 24.9. The third-order valence-electron chi connectivity index (χ3n) is 10.1. The molecule has 0 unspecified atom stereocenters. The average Bonchev–Trinajstić information content (AvgIpc) is 3.78. The van der Waals surface area contributed by atoms with Gasteiger partial charge in [-0.05, 0) is 70.8 Å². The Morgan fingerprint density at radius 3 is 1.60 bits per heavy atom. The third kappa shape index (κ3) is 3.35. The molecule has 0 atom stereocenters. The molecule has 3 nitrogen and oxygen atoms in total. The smallest absolute Gasteiger partial charge is 0.143 e. The van der Waals surface area contributed by atoms with Crippen molar-refractivity contribution >= 4 is 87.1 Å². The molecule has 0 radical (unpaired) electrons. The molecule has 3 heteroatoms. The Balaban J connectivity index is 1.22. The first-order valence-electron chi connectivity index (χ1n) is 16.1. The van der Waals surface area contributed by atoms with Gasteiger partial charge < -0.3 is 13.6 Å². The predicted molar refractivity (Wildman–Crippen MR) is 197 cm³/mol. The van der Waals surface area contributed by atoms with Gasteiger partial charge in [-0.1, -0.05) is 97.1 Å². The van der Waals surface area contributed by atoms with Crippen molar-refractivity contribution in [3.63, 3.8) is 0 Å². The minimum Gasteiger partial charge on any atom is -0.455 e. The number of hydrogen-bond donors (Lipinski definition) is 0. The molecule has 0 spiro atoms. The lowest BCUT2D eigenvalue weighted by Gasteiger charge is -2.10. The second kappa shape index (κ2) is 9.12. The molecular formula is C44H26N2O. The Bertz CT molecular complexity index is 3080. The van der Waals surface area contributed by atoms with E-state index < -0.39 is 0 Å². The van der Waals surface area contributed by atoms with Gasteiger partial charge in [0.2, 0.25) is 0 Å². The molecule has 0 amide bonds. The number of benzene rings is 8. The number of nitrogens with zero attached hydrogens (tertiary/aromatic N) is 2. The maximum atomic E-state index is 6.62. The summed E-state index contributed by atoms with van der Waals surface area (Å²) >= 11 is 0. The Kier molecular flexibility index (Phi) is 4.84. The Morgan fingerprint density at radius 2 is 0.872 bits per heavy atom. The molecule has 0 N–H and O–H groups in total. The van der Waals surface area contributed by atoms with Crippen LogP contribution >= 0.6 is 0 Å². The number of aromatic nitrogens is 2. The van der Waals surface area contributed by atoms with Crippen molar-refractivity contribution < 1.29 is 4.42 Å². The molecule has 47 heavy (non-hydrogen) atoms. The fourth-order valence-electron chi connectivity index (χ4n) is 8.02. The number of para-hydroxylation sites is 2. The van der Waals surface area contributed by atoms with Crippen molar-refractivity contribution in [1.82, 2.24) is 9.13 Å². The van der Waals surface area contributed by atoms with Crippen LogP contribution in [0.5, 0.6) is 0 Å². The highest BCUT2D eigenvalue weighted by Crippen LogP contribution is 2.43. The van der Waals surface area contributed by atoms with E-state index in [1.807, 2.05) is 0 Å². The first-order chi connectivity index (χ1) is 23.3. The average molecular weight is 599 g/mol. The van der Waals surface area contributed by atoms with Gasteiger partial charge in [-0.2, -0.15) is 0 Å². The zero-order valence-electron chi connectivity index (χ0n) is 25.3. The molecule has 0 saturated heterocycles. The quantitative estimate of drug-likeness (QED) is 0.194. The van der Waals surface area contributed by atoms with Gasteiger partial charge in [0, 0.05) is 55.1 Å². The third-order valence-corrected chi connectivity index (χ3v) is 10.1. The first-order valence-corrected chi connectivity index (χ1v) is 16.1. The predicted octanol–water partition coefficient (Wildman–Crippen LogP) is 12.1. The zero-order chi connectivity index (χ0) is 30.6. The van der Waals surface area contributed by atoms with E-state index in [1.165, 1.54) is 65.5 Å². The van der Waals surface area contributed by atoms with Crippen molar-refractivity contribution in [1.29, 1.82) is 0 Å². The summed E-state index contributed by atoms with van der Waals surface area (Å²) in [4.78, 5) is 0. The standard InChI is InChI=1S/C44H26N2O/c1-2-11-29-25-30(19-17-27(29)9-1)45-37-15-7-5-13-35(37)42-39(45)23-24-40-43(42)36-14-6-8-16-38(36)46(40)31-20-22-33-34-21-18-28-10-3-4-12-32(28)44(34)47-41(33)26-31/h1-26H. The summed E-state index contributed by atoms with van der Waals surface area (Å²) in [5.41, 5.74) is 8.87. The molecule has 0 saturated carbocycles. The summed E-state index contributed by atoms with van der Waals surface area (Å²) in [6, 6.07) is 57.0. The van der Waals surface area contributed by atoms with E-state index in [9.17, 15) is 0 Å².